The fourth-order valence-electron chi connectivity index (χ4n) is 5.82. The van der Waals surface area contributed by atoms with Crippen molar-refractivity contribution in [3.05, 3.63) is 59.4 Å². The normalized spacial score (nSPS) is 25.6. The highest BCUT2D eigenvalue weighted by molar-refractivity contribution is 6.06. The van der Waals surface area contributed by atoms with Crippen molar-refractivity contribution in [3.63, 3.8) is 0 Å². The number of carbonyl (C=O) groups is 2. The van der Waals surface area contributed by atoms with Crippen LogP contribution in [0.15, 0.2) is 48.2 Å². The van der Waals surface area contributed by atoms with E-state index in [9.17, 15) is 9.59 Å². The third-order valence-electron chi connectivity index (χ3n) is 7.24. The number of rotatable bonds is 3. The Morgan fingerprint density at radius 3 is 2.81 bits per heavy atom. The number of amides is 1. The Labute approximate surface area is 182 Å². The number of fused-ring (bicyclic) bond motifs is 6. The number of hydrogen-bond donors (Lipinski definition) is 0. The van der Waals surface area contributed by atoms with Crippen molar-refractivity contribution in [2.45, 2.75) is 31.3 Å². The number of nitrogens with zero attached hydrogens (tertiary/aromatic N) is 3. The molecule has 1 aromatic carbocycles. The number of ether oxygens (including phenoxy) is 1. The first-order valence-electron chi connectivity index (χ1n) is 11.0. The lowest BCUT2D eigenvalue weighted by molar-refractivity contribution is -0.129. The summed E-state index contributed by atoms with van der Waals surface area (Å²) in [5, 5.41) is 1.08. The van der Waals surface area contributed by atoms with E-state index in [1.54, 1.807) is 7.11 Å². The summed E-state index contributed by atoms with van der Waals surface area (Å²) in [4.78, 5) is 31.1. The van der Waals surface area contributed by atoms with E-state index in [2.05, 4.69) is 17.5 Å². The van der Waals surface area contributed by atoms with Crippen molar-refractivity contribution in [1.82, 2.24) is 14.4 Å². The first-order valence-corrected chi connectivity index (χ1v) is 11.0. The molecule has 0 radical (unpaired) electrons. The summed E-state index contributed by atoms with van der Waals surface area (Å²) in [5.41, 5.74) is 4.41. The van der Waals surface area contributed by atoms with Gasteiger partial charge in [-0.2, -0.15) is 0 Å². The van der Waals surface area contributed by atoms with Gasteiger partial charge in [-0.3, -0.25) is 9.59 Å². The predicted molar refractivity (Wildman–Crippen MR) is 120 cm³/mol. The second-order valence-corrected chi connectivity index (χ2v) is 9.00. The van der Waals surface area contributed by atoms with Gasteiger partial charge in [0.2, 0.25) is 0 Å². The van der Waals surface area contributed by atoms with Crippen LogP contribution in [0.4, 0.5) is 0 Å². The summed E-state index contributed by atoms with van der Waals surface area (Å²) in [5.74, 6) is -0.179. The summed E-state index contributed by atoms with van der Waals surface area (Å²) < 4.78 is 7.35. The van der Waals surface area contributed by atoms with Gasteiger partial charge in [0.05, 0.1) is 24.4 Å². The molecule has 3 atom stereocenters. The lowest BCUT2D eigenvalue weighted by Gasteiger charge is -2.39. The Balaban J connectivity index is 1.60. The number of hydrogen-bond acceptors (Lipinski definition) is 4. The number of aryl methyl sites for hydroxylation is 1. The van der Waals surface area contributed by atoms with E-state index >= 15 is 0 Å². The molecule has 3 heterocycles. The van der Waals surface area contributed by atoms with E-state index in [1.807, 2.05) is 48.0 Å². The average Bonchev–Trinajstić information content (AvgIpc) is 3.31. The highest BCUT2D eigenvalue weighted by Crippen LogP contribution is 2.48. The Morgan fingerprint density at radius 2 is 2.03 bits per heavy atom. The molecule has 1 fully saturated rings. The second kappa shape index (κ2) is 7.38. The quantitative estimate of drug-likeness (QED) is 0.715. The van der Waals surface area contributed by atoms with Crippen LogP contribution in [-0.4, -0.2) is 59.4 Å². The monoisotopic (exact) mass is 419 g/mol. The van der Waals surface area contributed by atoms with Crippen LogP contribution < -0.4 is 0 Å². The fourth-order valence-corrected chi connectivity index (χ4v) is 5.82. The van der Waals surface area contributed by atoms with Crippen LogP contribution in [0.1, 0.15) is 41.4 Å². The van der Waals surface area contributed by atoms with Gasteiger partial charge in [0.15, 0.2) is 5.78 Å². The highest BCUT2D eigenvalue weighted by atomic mass is 16.5. The zero-order valence-corrected chi connectivity index (χ0v) is 18.4. The number of likely N-dealkylation sites (tertiary alicyclic amines) is 1. The molecule has 1 saturated heterocycles. The van der Waals surface area contributed by atoms with Gasteiger partial charge >= 0.3 is 0 Å². The number of likely N-dealkylation sites (N-methyl/N-ethyl adjacent to an activating group) is 1. The van der Waals surface area contributed by atoms with Gasteiger partial charge in [-0.1, -0.05) is 24.8 Å². The molecule has 162 valence electrons. The van der Waals surface area contributed by atoms with E-state index in [-0.39, 0.29) is 36.1 Å². The zero-order valence-electron chi connectivity index (χ0n) is 18.4. The Kier molecular flexibility index (Phi) is 4.77. The third kappa shape index (κ3) is 2.88. The molecule has 2 aliphatic heterocycles. The van der Waals surface area contributed by atoms with Crippen LogP contribution >= 0.6 is 0 Å². The van der Waals surface area contributed by atoms with Gasteiger partial charge in [-0.15, -0.1) is 0 Å². The smallest absolute Gasteiger partial charge is 0.252 e. The molecule has 31 heavy (non-hydrogen) atoms. The van der Waals surface area contributed by atoms with Crippen molar-refractivity contribution in [3.8, 4) is 0 Å². The largest absolute Gasteiger partial charge is 0.383 e. The molecule has 2 aromatic rings. The van der Waals surface area contributed by atoms with Crippen LogP contribution in [0, 0.1) is 5.92 Å². The van der Waals surface area contributed by atoms with Crippen LogP contribution in [0.3, 0.4) is 0 Å². The van der Waals surface area contributed by atoms with Crippen molar-refractivity contribution >= 4 is 22.6 Å². The molecule has 5 rings (SSSR count). The topological polar surface area (TPSA) is 54.8 Å². The minimum atomic E-state index is -0.267. The van der Waals surface area contributed by atoms with Gasteiger partial charge < -0.3 is 19.1 Å². The molecular weight excluding hydrogens is 390 g/mol. The molecule has 0 unspecified atom stereocenters. The van der Waals surface area contributed by atoms with Gasteiger partial charge in [-0.05, 0) is 24.5 Å². The van der Waals surface area contributed by atoms with Gasteiger partial charge in [0.25, 0.3) is 5.91 Å². The number of methoxy groups -OCH3 is 1. The van der Waals surface area contributed by atoms with Crippen molar-refractivity contribution in [2.75, 3.05) is 27.3 Å². The van der Waals surface area contributed by atoms with Gasteiger partial charge in [0.1, 0.15) is 0 Å². The van der Waals surface area contributed by atoms with Crippen LogP contribution in [0.5, 0.6) is 0 Å². The molecule has 1 amide bonds. The van der Waals surface area contributed by atoms with Crippen LogP contribution in [0.2, 0.25) is 0 Å². The van der Waals surface area contributed by atoms with E-state index in [4.69, 9.17) is 4.74 Å². The lowest BCUT2D eigenvalue weighted by atomic mass is 9.81. The van der Waals surface area contributed by atoms with Crippen molar-refractivity contribution < 1.29 is 14.3 Å². The number of para-hydroxylation sites is 1. The van der Waals surface area contributed by atoms with Crippen molar-refractivity contribution in [1.29, 1.82) is 0 Å². The molecule has 3 aliphatic rings. The summed E-state index contributed by atoms with van der Waals surface area (Å²) in [6.07, 6.45) is 4.17. The Hall–Kier alpha value is -2.86. The maximum atomic E-state index is 13.6. The molecule has 1 aliphatic carbocycles. The van der Waals surface area contributed by atoms with E-state index in [0.29, 0.717) is 12.2 Å². The van der Waals surface area contributed by atoms with E-state index in [1.165, 1.54) is 0 Å². The zero-order chi connectivity index (χ0) is 21.9. The fraction of sp³-hybridized carbons (Fsp3) is 0.440. The summed E-state index contributed by atoms with van der Waals surface area (Å²) >= 11 is 0. The first-order chi connectivity index (χ1) is 14.9. The van der Waals surface area contributed by atoms with Crippen LogP contribution in [-0.2, 0) is 16.6 Å². The molecule has 6 nitrogen and oxygen atoms in total. The standard InChI is InChI=1S/C25H29N3O3/c1-15-18-12-21(29)24-22(17-9-5-6-10-20(17)27(24)3)23(15)26(2)13-19(18)25(30)28-11-7-8-16(28)14-31-4/h5-6,9-10,13,16,18,23H,1,7-8,11-12,14H2,2-4H3/t16-,18+,23+/m0/s1. The average molecular weight is 420 g/mol. The minimum absolute atomic E-state index is 0.0135. The number of ketones is 1. The van der Waals surface area contributed by atoms with E-state index < -0.39 is 0 Å². The SMILES string of the molecule is C=C1[C@H]2CC(=O)c3c(c4ccccc4n3C)[C@@H]1N(C)C=C2C(=O)N1CCC[C@H]1COC. The number of benzene rings is 1. The summed E-state index contributed by atoms with van der Waals surface area (Å²) in [6, 6.07) is 8.10. The Morgan fingerprint density at radius 1 is 1.26 bits per heavy atom. The summed E-state index contributed by atoms with van der Waals surface area (Å²) in [6.45, 7) is 5.71. The van der Waals surface area contributed by atoms with Gasteiger partial charge in [0, 0.05) is 68.3 Å². The first kappa shape index (κ1) is 20.1. The molecule has 1 aromatic heterocycles. The maximum Gasteiger partial charge on any atom is 0.252 e. The highest BCUT2D eigenvalue weighted by Gasteiger charge is 2.44. The number of Topliss-reactive ketones (excluding diaryl/α,β-unsaturated/α-hetero) is 1. The molecule has 0 N–H and O–H groups in total. The van der Waals surface area contributed by atoms with E-state index in [0.717, 1.165) is 47.1 Å². The minimum Gasteiger partial charge on any atom is -0.383 e. The van der Waals surface area contributed by atoms with Gasteiger partial charge in [-0.25, -0.2) is 0 Å². The molecule has 2 bridgehead atoms. The van der Waals surface area contributed by atoms with Crippen molar-refractivity contribution in [2.24, 2.45) is 13.0 Å². The number of carbonyl (C=O) groups excluding carboxylic acids is 2. The molecule has 6 heteroatoms. The second-order valence-electron chi connectivity index (χ2n) is 9.00. The number of aromatic nitrogens is 1. The third-order valence-corrected chi connectivity index (χ3v) is 7.24. The molecular formula is C25H29N3O3. The lowest BCUT2D eigenvalue weighted by Crippen LogP contribution is -2.42. The molecule has 0 saturated carbocycles. The summed E-state index contributed by atoms with van der Waals surface area (Å²) in [7, 11) is 5.61. The predicted octanol–water partition coefficient (Wildman–Crippen LogP) is 3.44. The molecule has 0 spiro atoms. The van der Waals surface area contributed by atoms with Crippen LogP contribution in [0.25, 0.3) is 10.9 Å². The maximum absolute atomic E-state index is 13.6. The Bertz CT molecular complexity index is 1130.